The second-order valence-electron chi connectivity index (χ2n) is 4.97. The van der Waals surface area contributed by atoms with Crippen LogP contribution in [0.3, 0.4) is 0 Å². The number of hydrogen-bond acceptors (Lipinski definition) is 1. The Bertz CT molecular complexity index is 358. The molecule has 2 heteroatoms. The largest absolute Gasteiger partial charge is 0.300 e. The van der Waals surface area contributed by atoms with Gasteiger partial charge in [0.05, 0.1) is 0 Å². The van der Waals surface area contributed by atoms with E-state index in [4.69, 9.17) is 0 Å². The first-order valence-electron chi connectivity index (χ1n) is 6.76. The summed E-state index contributed by atoms with van der Waals surface area (Å²) in [6, 6.07) is 9.47. The van der Waals surface area contributed by atoms with Crippen molar-refractivity contribution in [2.45, 2.75) is 45.1 Å². The monoisotopic (exact) mass is 295 g/mol. The van der Waals surface area contributed by atoms with E-state index >= 15 is 0 Å². The Hall–Kier alpha value is -0.340. The van der Waals surface area contributed by atoms with E-state index in [9.17, 15) is 0 Å². The van der Waals surface area contributed by atoms with Crippen molar-refractivity contribution in [3.63, 3.8) is 0 Å². The molecule has 2 rings (SSSR count). The summed E-state index contributed by atoms with van der Waals surface area (Å²) in [5.74, 6) is 0.753. The van der Waals surface area contributed by atoms with Crippen molar-refractivity contribution in [2.75, 3.05) is 13.1 Å². The number of benzene rings is 1. The molecule has 1 aromatic carbocycles. The van der Waals surface area contributed by atoms with Crippen LogP contribution in [0.1, 0.15) is 44.6 Å². The van der Waals surface area contributed by atoms with Gasteiger partial charge in [0.15, 0.2) is 0 Å². The van der Waals surface area contributed by atoms with E-state index in [0.717, 1.165) is 12.0 Å². The van der Waals surface area contributed by atoms with E-state index in [2.05, 4.69) is 58.9 Å². The SMILES string of the molecule is CCCN(CCC)[C@H]1C[C@@H]1c1ccccc1Br. The quantitative estimate of drug-likeness (QED) is 0.750. The lowest BCUT2D eigenvalue weighted by Gasteiger charge is -2.21. The molecule has 0 spiro atoms. The lowest BCUT2D eigenvalue weighted by Crippen LogP contribution is -2.28. The molecule has 1 aromatic rings. The first-order chi connectivity index (χ1) is 8.27. The second-order valence-corrected chi connectivity index (χ2v) is 5.82. The molecular formula is C15H22BrN. The molecule has 0 aliphatic heterocycles. The van der Waals surface area contributed by atoms with Crippen LogP contribution in [0, 0.1) is 0 Å². The predicted molar refractivity (Wildman–Crippen MR) is 77.4 cm³/mol. The smallest absolute Gasteiger partial charge is 0.0210 e. The highest BCUT2D eigenvalue weighted by Crippen LogP contribution is 2.47. The number of rotatable bonds is 6. The molecule has 0 bridgehead atoms. The highest BCUT2D eigenvalue weighted by molar-refractivity contribution is 9.10. The highest BCUT2D eigenvalue weighted by atomic mass is 79.9. The summed E-state index contributed by atoms with van der Waals surface area (Å²) < 4.78 is 1.28. The first kappa shape index (κ1) is 13.1. The zero-order valence-electron chi connectivity index (χ0n) is 10.8. The average molecular weight is 296 g/mol. The third-order valence-corrected chi connectivity index (χ3v) is 4.27. The van der Waals surface area contributed by atoms with E-state index in [-0.39, 0.29) is 0 Å². The fourth-order valence-corrected chi connectivity index (χ4v) is 3.29. The maximum atomic E-state index is 3.67. The maximum absolute atomic E-state index is 3.67. The van der Waals surface area contributed by atoms with Gasteiger partial charge in [-0.05, 0) is 44.0 Å². The van der Waals surface area contributed by atoms with Gasteiger partial charge in [-0.15, -0.1) is 0 Å². The van der Waals surface area contributed by atoms with Gasteiger partial charge < -0.3 is 0 Å². The summed E-state index contributed by atoms with van der Waals surface area (Å²) in [4.78, 5) is 2.67. The normalized spacial score (nSPS) is 23.1. The fourth-order valence-electron chi connectivity index (χ4n) is 2.71. The lowest BCUT2D eigenvalue weighted by molar-refractivity contribution is 0.260. The van der Waals surface area contributed by atoms with E-state index in [0.29, 0.717) is 0 Å². The minimum absolute atomic E-state index is 0.753. The van der Waals surface area contributed by atoms with Crippen molar-refractivity contribution in [2.24, 2.45) is 0 Å². The summed E-state index contributed by atoms with van der Waals surface area (Å²) in [7, 11) is 0. The molecule has 0 aromatic heterocycles. The summed E-state index contributed by atoms with van der Waals surface area (Å²) in [5.41, 5.74) is 1.50. The zero-order valence-corrected chi connectivity index (χ0v) is 12.4. The predicted octanol–water partition coefficient (Wildman–Crippen LogP) is 4.43. The number of hydrogen-bond donors (Lipinski definition) is 0. The highest BCUT2D eigenvalue weighted by Gasteiger charge is 2.42. The molecule has 0 N–H and O–H groups in total. The third kappa shape index (κ3) is 3.11. The maximum Gasteiger partial charge on any atom is 0.0210 e. The van der Waals surface area contributed by atoms with Crippen LogP contribution in [0.25, 0.3) is 0 Å². The lowest BCUT2D eigenvalue weighted by atomic mass is 10.1. The van der Waals surface area contributed by atoms with Crippen LogP contribution in [-0.4, -0.2) is 24.0 Å². The zero-order chi connectivity index (χ0) is 12.3. The Kier molecular flexibility index (Phi) is 4.63. The van der Waals surface area contributed by atoms with Gasteiger partial charge in [-0.2, -0.15) is 0 Å². The van der Waals surface area contributed by atoms with Gasteiger partial charge in [0.2, 0.25) is 0 Å². The summed E-state index contributed by atoms with van der Waals surface area (Å²) >= 11 is 3.67. The standard InChI is InChI=1S/C15H22BrN/c1-3-9-17(10-4-2)15-11-13(15)12-7-5-6-8-14(12)16/h5-8,13,15H,3-4,9-11H2,1-2H3/t13-,15+/m1/s1. The Balaban J connectivity index is 2.01. The number of nitrogens with zero attached hydrogens (tertiary/aromatic N) is 1. The van der Waals surface area contributed by atoms with Gasteiger partial charge in [0.1, 0.15) is 0 Å². The average Bonchev–Trinajstić information content (AvgIpc) is 3.09. The van der Waals surface area contributed by atoms with Crippen LogP contribution in [-0.2, 0) is 0 Å². The van der Waals surface area contributed by atoms with Gasteiger partial charge >= 0.3 is 0 Å². The van der Waals surface area contributed by atoms with Crippen LogP contribution in [0.5, 0.6) is 0 Å². The minimum atomic E-state index is 0.753. The van der Waals surface area contributed by atoms with E-state index in [1.165, 1.54) is 42.4 Å². The molecule has 2 atom stereocenters. The summed E-state index contributed by atoms with van der Waals surface area (Å²) in [5, 5.41) is 0. The molecule has 0 heterocycles. The molecule has 1 nitrogen and oxygen atoms in total. The molecular weight excluding hydrogens is 274 g/mol. The fraction of sp³-hybridized carbons (Fsp3) is 0.600. The van der Waals surface area contributed by atoms with Crippen LogP contribution in [0.4, 0.5) is 0 Å². The molecule has 1 aliphatic rings. The van der Waals surface area contributed by atoms with Crippen molar-refractivity contribution in [3.05, 3.63) is 34.3 Å². The van der Waals surface area contributed by atoms with Gasteiger partial charge in [0.25, 0.3) is 0 Å². The van der Waals surface area contributed by atoms with Crippen molar-refractivity contribution < 1.29 is 0 Å². The second kappa shape index (κ2) is 6.01. The molecule has 0 amide bonds. The third-order valence-electron chi connectivity index (χ3n) is 3.55. The molecule has 1 fully saturated rings. The minimum Gasteiger partial charge on any atom is -0.300 e. The van der Waals surface area contributed by atoms with Gasteiger partial charge in [0, 0.05) is 16.4 Å². The molecule has 0 saturated heterocycles. The molecule has 94 valence electrons. The Morgan fingerprint density at radius 2 is 1.82 bits per heavy atom. The molecule has 0 radical (unpaired) electrons. The van der Waals surface area contributed by atoms with Crippen LogP contribution < -0.4 is 0 Å². The Morgan fingerprint density at radius 3 is 2.41 bits per heavy atom. The number of halogens is 1. The molecule has 1 saturated carbocycles. The van der Waals surface area contributed by atoms with Crippen LogP contribution >= 0.6 is 15.9 Å². The van der Waals surface area contributed by atoms with E-state index < -0.39 is 0 Å². The summed E-state index contributed by atoms with van der Waals surface area (Å²) in [6.45, 7) is 7.05. The molecule has 1 aliphatic carbocycles. The van der Waals surface area contributed by atoms with Crippen LogP contribution in [0.2, 0.25) is 0 Å². The van der Waals surface area contributed by atoms with Gasteiger partial charge in [-0.25, -0.2) is 0 Å². The molecule has 0 unspecified atom stereocenters. The van der Waals surface area contributed by atoms with Crippen molar-refractivity contribution in [1.82, 2.24) is 4.90 Å². The van der Waals surface area contributed by atoms with Gasteiger partial charge in [-0.3, -0.25) is 4.90 Å². The first-order valence-corrected chi connectivity index (χ1v) is 7.55. The summed E-state index contributed by atoms with van der Waals surface area (Å²) in [6.07, 6.45) is 3.86. The van der Waals surface area contributed by atoms with Crippen molar-refractivity contribution in [3.8, 4) is 0 Å². The van der Waals surface area contributed by atoms with E-state index in [1.807, 2.05) is 0 Å². The van der Waals surface area contributed by atoms with Gasteiger partial charge in [-0.1, -0.05) is 48.0 Å². The Morgan fingerprint density at radius 1 is 1.18 bits per heavy atom. The van der Waals surface area contributed by atoms with Crippen molar-refractivity contribution in [1.29, 1.82) is 0 Å². The molecule has 17 heavy (non-hydrogen) atoms. The topological polar surface area (TPSA) is 3.24 Å². The van der Waals surface area contributed by atoms with Crippen molar-refractivity contribution >= 4 is 15.9 Å². The Labute approximate surface area is 113 Å². The van der Waals surface area contributed by atoms with Crippen LogP contribution in [0.15, 0.2) is 28.7 Å². The van der Waals surface area contributed by atoms with E-state index in [1.54, 1.807) is 0 Å².